The first-order valence-electron chi connectivity index (χ1n) is 11.9. The third kappa shape index (κ3) is 8.15. The Labute approximate surface area is 214 Å². The van der Waals surface area contributed by atoms with Crippen LogP contribution in [0.4, 0.5) is 5.69 Å². The van der Waals surface area contributed by atoms with Crippen molar-refractivity contribution in [3.05, 3.63) is 54.1 Å². The average molecular weight is 520 g/mol. The molecule has 10 heteroatoms. The van der Waals surface area contributed by atoms with Gasteiger partial charge in [-0.2, -0.15) is 0 Å². The molecule has 0 unspecified atom stereocenters. The molecule has 0 fully saturated rings. The number of nitrogens with zero attached hydrogens (tertiary/aromatic N) is 2. The van der Waals surface area contributed by atoms with Crippen LogP contribution in [0.5, 0.6) is 11.5 Å². The van der Waals surface area contributed by atoms with Crippen molar-refractivity contribution in [3.8, 4) is 11.5 Å². The fraction of sp³-hybridized carbons (Fsp3) is 0.462. The summed E-state index contributed by atoms with van der Waals surface area (Å²) in [6.07, 6.45) is 1.78. The number of sulfonamides is 1. The number of nitrogens with one attached hydrogen (secondary N) is 1. The largest absolute Gasteiger partial charge is 0.497 e. The van der Waals surface area contributed by atoms with E-state index in [1.807, 2.05) is 26.8 Å². The van der Waals surface area contributed by atoms with E-state index in [1.165, 1.54) is 4.90 Å². The number of carbonyl (C=O) groups excluding carboxylic acids is 2. The fourth-order valence-corrected chi connectivity index (χ4v) is 4.35. The summed E-state index contributed by atoms with van der Waals surface area (Å²) in [5, 5.41) is 2.90. The van der Waals surface area contributed by atoms with Crippen LogP contribution in [0, 0.1) is 0 Å². The summed E-state index contributed by atoms with van der Waals surface area (Å²) in [6, 6.07) is 12.8. The molecule has 0 bridgehead atoms. The second-order valence-electron chi connectivity index (χ2n) is 8.56. The quantitative estimate of drug-likeness (QED) is 0.436. The molecule has 0 saturated heterocycles. The minimum atomic E-state index is -3.80. The van der Waals surface area contributed by atoms with Crippen molar-refractivity contribution >= 4 is 27.5 Å². The number of amides is 2. The first-order chi connectivity index (χ1) is 17.0. The van der Waals surface area contributed by atoms with E-state index in [1.54, 1.807) is 56.5 Å². The van der Waals surface area contributed by atoms with Crippen LogP contribution in [0.1, 0.15) is 39.7 Å². The number of hydrogen-bond donors (Lipinski definition) is 1. The molecule has 36 heavy (non-hydrogen) atoms. The van der Waals surface area contributed by atoms with Gasteiger partial charge in [0.25, 0.3) is 0 Å². The van der Waals surface area contributed by atoms with Crippen molar-refractivity contribution in [2.45, 2.75) is 52.7 Å². The summed E-state index contributed by atoms with van der Waals surface area (Å²) in [6.45, 7) is 7.45. The van der Waals surface area contributed by atoms with Crippen molar-refractivity contribution in [3.63, 3.8) is 0 Å². The average Bonchev–Trinajstić information content (AvgIpc) is 2.85. The minimum Gasteiger partial charge on any atom is -0.497 e. The predicted octanol–water partition coefficient (Wildman–Crippen LogP) is 3.19. The third-order valence-corrected chi connectivity index (χ3v) is 6.91. The molecule has 0 aromatic heterocycles. The molecule has 0 aliphatic carbocycles. The number of methoxy groups -OCH3 is 1. The monoisotopic (exact) mass is 519 g/mol. The van der Waals surface area contributed by atoms with Gasteiger partial charge in [0.2, 0.25) is 21.8 Å². The van der Waals surface area contributed by atoms with E-state index in [9.17, 15) is 18.0 Å². The number of benzene rings is 2. The normalized spacial score (nSPS) is 12.8. The summed E-state index contributed by atoms with van der Waals surface area (Å²) in [5.41, 5.74) is 1.07. The molecule has 0 spiro atoms. The van der Waals surface area contributed by atoms with Crippen LogP contribution in [0.2, 0.25) is 0 Å². The smallest absolute Gasteiger partial charge is 0.244 e. The highest BCUT2D eigenvalue weighted by molar-refractivity contribution is 7.92. The van der Waals surface area contributed by atoms with E-state index in [4.69, 9.17) is 9.47 Å². The van der Waals surface area contributed by atoms with E-state index >= 15 is 0 Å². The Morgan fingerprint density at radius 1 is 1.03 bits per heavy atom. The van der Waals surface area contributed by atoms with Gasteiger partial charge in [-0.05, 0) is 69.2 Å². The van der Waals surface area contributed by atoms with Crippen LogP contribution < -0.4 is 19.1 Å². The zero-order valence-corrected chi connectivity index (χ0v) is 22.7. The lowest BCUT2D eigenvalue weighted by atomic mass is 10.1. The molecule has 2 aromatic carbocycles. The first kappa shape index (κ1) is 29.0. The summed E-state index contributed by atoms with van der Waals surface area (Å²) in [7, 11) is -2.25. The van der Waals surface area contributed by atoms with Gasteiger partial charge in [0.05, 0.1) is 25.7 Å². The molecule has 2 aromatic rings. The zero-order chi connectivity index (χ0) is 26.9. The second kappa shape index (κ2) is 13.2. The highest BCUT2D eigenvalue weighted by atomic mass is 32.2. The van der Waals surface area contributed by atoms with Crippen molar-refractivity contribution in [1.29, 1.82) is 0 Å². The molecule has 2 rings (SSSR count). The second-order valence-corrected chi connectivity index (χ2v) is 10.5. The maximum atomic E-state index is 13.6. The maximum absolute atomic E-state index is 13.6. The van der Waals surface area contributed by atoms with E-state index in [2.05, 4.69) is 5.32 Å². The lowest BCUT2D eigenvalue weighted by Crippen LogP contribution is -2.52. The Morgan fingerprint density at radius 3 is 2.25 bits per heavy atom. The Hall–Kier alpha value is -3.27. The van der Waals surface area contributed by atoms with E-state index < -0.39 is 28.5 Å². The molecular weight excluding hydrogens is 482 g/mol. The van der Waals surface area contributed by atoms with E-state index in [0.29, 0.717) is 23.8 Å². The lowest BCUT2D eigenvalue weighted by molar-refractivity contribution is -0.139. The number of anilines is 1. The number of hydrogen-bond acceptors (Lipinski definition) is 6. The van der Waals surface area contributed by atoms with Crippen LogP contribution in [0.15, 0.2) is 48.5 Å². The molecular formula is C26H37N3O6S. The van der Waals surface area contributed by atoms with Gasteiger partial charge >= 0.3 is 0 Å². The first-order valence-corrected chi connectivity index (χ1v) is 13.8. The molecule has 0 aliphatic heterocycles. The van der Waals surface area contributed by atoms with Gasteiger partial charge in [0.1, 0.15) is 24.1 Å². The fourth-order valence-electron chi connectivity index (χ4n) is 3.50. The number of rotatable bonds is 13. The van der Waals surface area contributed by atoms with Gasteiger partial charge in [-0.1, -0.05) is 19.1 Å². The van der Waals surface area contributed by atoms with Gasteiger partial charge in [-0.15, -0.1) is 0 Å². The van der Waals surface area contributed by atoms with Gasteiger partial charge in [0, 0.05) is 12.6 Å². The minimum absolute atomic E-state index is 0.0647. The predicted molar refractivity (Wildman–Crippen MR) is 141 cm³/mol. The lowest BCUT2D eigenvalue weighted by Gasteiger charge is -2.32. The van der Waals surface area contributed by atoms with Crippen LogP contribution in [-0.4, -0.2) is 63.7 Å². The Morgan fingerprint density at radius 2 is 1.69 bits per heavy atom. The molecule has 2 atom stereocenters. The Balaban J connectivity index is 2.38. The number of carbonyl (C=O) groups is 2. The molecule has 0 saturated carbocycles. The summed E-state index contributed by atoms with van der Waals surface area (Å²) < 4.78 is 37.1. The molecule has 0 heterocycles. The van der Waals surface area contributed by atoms with Crippen LogP contribution in [0.25, 0.3) is 0 Å². The SMILES string of the molecule is CCOc1ccc(N(CC(=O)N(Cc2cccc(OC)c2)[C@H](C)C(=O)N[C@H](C)CC)S(C)(=O)=O)cc1. The molecule has 198 valence electrons. The Bertz CT molecular complexity index is 1120. The summed E-state index contributed by atoms with van der Waals surface area (Å²) >= 11 is 0. The van der Waals surface area contributed by atoms with Crippen molar-refractivity contribution in [2.75, 3.05) is 30.8 Å². The maximum Gasteiger partial charge on any atom is 0.244 e. The van der Waals surface area contributed by atoms with Crippen molar-refractivity contribution in [2.24, 2.45) is 0 Å². The Kier molecular flexibility index (Phi) is 10.6. The summed E-state index contributed by atoms with van der Waals surface area (Å²) in [5.74, 6) is 0.385. The van der Waals surface area contributed by atoms with Gasteiger partial charge in [0.15, 0.2) is 0 Å². The summed E-state index contributed by atoms with van der Waals surface area (Å²) in [4.78, 5) is 27.9. The van der Waals surface area contributed by atoms with Gasteiger partial charge < -0.3 is 19.7 Å². The van der Waals surface area contributed by atoms with Crippen molar-refractivity contribution < 1.29 is 27.5 Å². The van der Waals surface area contributed by atoms with E-state index in [0.717, 1.165) is 22.5 Å². The van der Waals surface area contributed by atoms with Crippen LogP contribution in [-0.2, 0) is 26.2 Å². The highest BCUT2D eigenvalue weighted by Gasteiger charge is 2.30. The van der Waals surface area contributed by atoms with Crippen molar-refractivity contribution in [1.82, 2.24) is 10.2 Å². The molecule has 1 N–H and O–H groups in total. The topological polar surface area (TPSA) is 105 Å². The standard InChI is InChI=1S/C26H37N3O6S/c1-7-19(3)27-26(31)20(4)28(17-21-10-9-11-24(16-21)34-5)25(30)18-29(36(6,32)33)22-12-14-23(15-13-22)35-8-2/h9-16,19-20H,7-8,17-18H2,1-6H3,(H,27,31)/t19-,20-/m1/s1. The molecule has 2 amide bonds. The number of ether oxygens (including phenoxy) is 2. The van der Waals surface area contributed by atoms with E-state index in [-0.39, 0.29) is 18.5 Å². The van der Waals surface area contributed by atoms with Crippen LogP contribution in [0.3, 0.4) is 0 Å². The molecule has 0 radical (unpaired) electrons. The highest BCUT2D eigenvalue weighted by Crippen LogP contribution is 2.23. The zero-order valence-electron chi connectivity index (χ0n) is 21.9. The van der Waals surface area contributed by atoms with Crippen LogP contribution >= 0.6 is 0 Å². The molecule has 9 nitrogen and oxygen atoms in total. The molecule has 0 aliphatic rings. The third-order valence-electron chi connectivity index (χ3n) is 5.77. The van der Waals surface area contributed by atoms with Gasteiger partial charge in [-0.3, -0.25) is 13.9 Å². The van der Waals surface area contributed by atoms with Gasteiger partial charge in [-0.25, -0.2) is 8.42 Å².